The number of nitrogen functional groups attached to an aromatic ring is 1. The first-order valence-corrected chi connectivity index (χ1v) is 7.11. The largest absolute Gasteiger partial charge is 0.504 e. The van der Waals surface area contributed by atoms with Crippen LogP contribution in [0.4, 0.5) is 19.1 Å². The summed E-state index contributed by atoms with van der Waals surface area (Å²) in [6.45, 7) is 1.32. The highest BCUT2D eigenvalue weighted by Crippen LogP contribution is 2.46. The maximum Gasteiger partial charge on any atom is 0.416 e. The zero-order chi connectivity index (χ0) is 17.5. The van der Waals surface area contributed by atoms with Crippen LogP contribution in [0.15, 0.2) is 41.0 Å². The molecule has 24 heavy (non-hydrogen) atoms. The second-order valence-corrected chi connectivity index (χ2v) is 5.29. The number of halogens is 3. The summed E-state index contributed by atoms with van der Waals surface area (Å²) in [7, 11) is 0. The van der Waals surface area contributed by atoms with Crippen molar-refractivity contribution in [2.45, 2.75) is 19.5 Å². The summed E-state index contributed by atoms with van der Waals surface area (Å²) in [5.74, 6) is -0.276. The van der Waals surface area contributed by atoms with Gasteiger partial charge in [-0.2, -0.15) is 13.2 Å². The first-order chi connectivity index (χ1) is 11.3. The van der Waals surface area contributed by atoms with Gasteiger partial charge in [0.2, 0.25) is 11.6 Å². The number of ether oxygens (including phenoxy) is 1. The minimum atomic E-state index is -4.50. The van der Waals surface area contributed by atoms with Crippen molar-refractivity contribution >= 4 is 11.6 Å². The molecule has 1 aliphatic rings. The van der Waals surface area contributed by atoms with Crippen LogP contribution in [0.5, 0.6) is 5.75 Å². The molecule has 126 valence electrons. The van der Waals surface area contributed by atoms with E-state index >= 15 is 0 Å². The zero-order valence-corrected chi connectivity index (χ0v) is 12.6. The van der Waals surface area contributed by atoms with Gasteiger partial charge in [0.25, 0.3) is 0 Å². The van der Waals surface area contributed by atoms with Crippen molar-refractivity contribution in [3.63, 3.8) is 0 Å². The maximum atomic E-state index is 13.1. The number of benzene rings is 1. The molecule has 0 saturated heterocycles. The standard InChI is InChI=1S/C17H14F3NO3/c1-9-10(5-4-6-11(9)17(18,19)20)13-14(22)15(24-16(13)21)12-7-2-3-8-23-12/h3-8,22H,2,21H2,1H3. The molecule has 3 rings (SSSR count). The quantitative estimate of drug-likeness (QED) is 0.823. The van der Waals surface area contributed by atoms with Gasteiger partial charge in [-0.15, -0.1) is 0 Å². The Labute approximate surface area is 135 Å². The molecule has 7 heteroatoms. The smallest absolute Gasteiger partial charge is 0.416 e. The van der Waals surface area contributed by atoms with Crippen molar-refractivity contribution in [1.29, 1.82) is 0 Å². The highest BCUT2D eigenvalue weighted by atomic mass is 19.4. The predicted octanol–water partition coefficient (Wildman–Crippen LogP) is 4.84. The van der Waals surface area contributed by atoms with E-state index in [2.05, 4.69) is 0 Å². The van der Waals surface area contributed by atoms with Gasteiger partial charge in [-0.3, -0.25) is 0 Å². The third kappa shape index (κ3) is 2.62. The topological polar surface area (TPSA) is 68.6 Å². The average Bonchev–Trinajstić information content (AvgIpc) is 2.82. The molecule has 1 aromatic heterocycles. The van der Waals surface area contributed by atoms with E-state index in [-0.39, 0.29) is 39.8 Å². The summed E-state index contributed by atoms with van der Waals surface area (Å²) in [5, 5.41) is 10.4. The van der Waals surface area contributed by atoms with Crippen LogP contribution >= 0.6 is 0 Å². The number of furan rings is 1. The first-order valence-electron chi connectivity index (χ1n) is 7.11. The van der Waals surface area contributed by atoms with Crippen LogP contribution in [0.25, 0.3) is 16.9 Å². The molecule has 0 bridgehead atoms. The van der Waals surface area contributed by atoms with Gasteiger partial charge in [-0.1, -0.05) is 12.1 Å². The Bertz CT molecular complexity index is 847. The van der Waals surface area contributed by atoms with Gasteiger partial charge in [-0.25, -0.2) is 0 Å². The van der Waals surface area contributed by atoms with Crippen LogP contribution in [0, 0.1) is 6.92 Å². The molecule has 2 aromatic rings. The number of hydrogen-bond donors (Lipinski definition) is 2. The number of alkyl halides is 3. The van der Waals surface area contributed by atoms with Crippen molar-refractivity contribution < 1.29 is 27.4 Å². The van der Waals surface area contributed by atoms with Gasteiger partial charge in [-0.05, 0) is 42.7 Å². The Morgan fingerprint density at radius 3 is 2.62 bits per heavy atom. The lowest BCUT2D eigenvalue weighted by atomic mass is 9.96. The second-order valence-electron chi connectivity index (χ2n) is 5.29. The van der Waals surface area contributed by atoms with E-state index in [4.69, 9.17) is 14.9 Å². The van der Waals surface area contributed by atoms with Gasteiger partial charge in [0.05, 0.1) is 17.4 Å². The van der Waals surface area contributed by atoms with Gasteiger partial charge in [0.1, 0.15) is 0 Å². The Kier molecular flexibility index (Phi) is 3.79. The van der Waals surface area contributed by atoms with E-state index in [0.29, 0.717) is 6.42 Å². The lowest BCUT2D eigenvalue weighted by molar-refractivity contribution is -0.138. The number of aromatic hydroxyl groups is 1. The lowest BCUT2D eigenvalue weighted by Gasteiger charge is -2.13. The number of hydrogen-bond acceptors (Lipinski definition) is 4. The van der Waals surface area contributed by atoms with Crippen LogP contribution < -0.4 is 5.73 Å². The van der Waals surface area contributed by atoms with Crippen LogP contribution in [0.1, 0.15) is 23.3 Å². The minimum absolute atomic E-state index is 0.0105. The summed E-state index contributed by atoms with van der Waals surface area (Å²) in [6, 6.07) is 3.69. The van der Waals surface area contributed by atoms with E-state index in [9.17, 15) is 18.3 Å². The summed E-state index contributed by atoms with van der Waals surface area (Å²) >= 11 is 0. The highest BCUT2D eigenvalue weighted by molar-refractivity contribution is 5.86. The molecule has 3 N–H and O–H groups in total. The Morgan fingerprint density at radius 2 is 2.00 bits per heavy atom. The van der Waals surface area contributed by atoms with Gasteiger partial charge in [0, 0.05) is 0 Å². The van der Waals surface area contributed by atoms with E-state index in [0.717, 1.165) is 6.07 Å². The molecule has 0 fully saturated rings. The monoisotopic (exact) mass is 337 g/mol. The second kappa shape index (κ2) is 5.67. The zero-order valence-electron chi connectivity index (χ0n) is 12.6. The molecule has 0 spiro atoms. The Hall–Kier alpha value is -2.83. The fourth-order valence-corrected chi connectivity index (χ4v) is 2.63. The Morgan fingerprint density at radius 1 is 1.25 bits per heavy atom. The fourth-order valence-electron chi connectivity index (χ4n) is 2.63. The summed E-state index contributed by atoms with van der Waals surface area (Å²) in [4.78, 5) is 0. The van der Waals surface area contributed by atoms with Crippen LogP contribution in [0.3, 0.4) is 0 Å². The molecule has 0 aliphatic carbocycles. The molecular formula is C17H14F3NO3. The molecular weight excluding hydrogens is 323 g/mol. The fraction of sp³-hybridized carbons (Fsp3) is 0.176. The number of nitrogens with two attached hydrogens (primary N) is 1. The van der Waals surface area contributed by atoms with Gasteiger partial charge < -0.3 is 20.0 Å². The van der Waals surface area contributed by atoms with Crippen molar-refractivity contribution in [3.05, 3.63) is 53.5 Å². The highest BCUT2D eigenvalue weighted by Gasteiger charge is 2.34. The molecule has 0 saturated carbocycles. The number of allylic oxidation sites excluding steroid dienone is 2. The average molecular weight is 337 g/mol. The predicted molar refractivity (Wildman–Crippen MR) is 82.8 cm³/mol. The van der Waals surface area contributed by atoms with Crippen molar-refractivity contribution in [2.24, 2.45) is 0 Å². The summed E-state index contributed by atoms with van der Waals surface area (Å²) in [6.07, 6.45) is 0.929. The Balaban J connectivity index is 2.15. The first kappa shape index (κ1) is 16.0. The third-order valence-electron chi connectivity index (χ3n) is 3.77. The maximum absolute atomic E-state index is 13.1. The van der Waals surface area contributed by atoms with Crippen molar-refractivity contribution in [3.8, 4) is 16.9 Å². The van der Waals surface area contributed by atoms with E-state index < -0.39 is 11.7 Å². The summed E-state index contributed by atoms with van der Waals surface area (Å²) < 4.78 is 49.9. The van der Waals surface area contributed by atoms with Crippen molar-refractivity contribution in [2.75, 3.05) is 5.73 Å². The molecule has 0 atom stereocenters. The number of anilines is 1. The van der Waals surface area contributed by atoms with E-state index in [1.54, 1.807) is 12.2 Å². The normalized spacial score (nSPS) is 14.4. The molecule has 1 aromatic carbocycles. The van der Waals surface area contributed by atoms with Gasteiger partial charge in [0.15, 0.2) is 11.5 Å². The molecule has 2 heterocycles. The summed E-state index contributed by atoms with van der Waals surface area (Å²) in [5.41, 5.74) is 5.14. The third-order valence-corrected chi connectivity index (χ3v) is 3.77. The van der Waals surface area contributed by atoms with Crippen LogP contribution in [-0.4, -0.2) is 5.11 Å². The van der Waals surface area contributed by atoms with Crippen LogP contribution in [0.2, 0.25) is 0 Å². The molecule has 0 amide bonds. The molecule has 1 aliphatic heterocycles. The van der Waals surface area contributed by atoms with Gasteiger partial charge >= 0.3 is 6.18 Å². The lowest BCUT2D eigenvalue weighted by Crippen LogP contribution is -2.08. The molecule has 0 radical (unpaired) electrons. The van der Waals surface area contributed by atoms with Crippen LogP contribution in [-0.2, 0) is 10.9 Å². The van der Waals surface area contributed by atoms with E-state index in [1.807, 2.05) is 0 Å². The molecule has 0 unspecified atom stereocenters. The van der Waals surface area contributed by atoms with E-state index in [1.165, 1.54) is 25.3 Å². The van der Waals surface area contributed by atoms with Crippen molar-refractivity contribution in [1.82, 2.24) is 0 Å². The molecule has 4 nitrogen and oxygen atoms in total. The number of rotatable bonds is 2. The minimum Gasteiger partial charge on any atom is -0.504 e. The SMILES string of the molecule is Cc1c(-c2c(N)oc(C3=CCC=CO3)c2O)cccc1C(F)(F)F.